The fourth-order valence-electron chi connectivity index (χ4n) is 1.99. The highest BCUT2D eigenvalue weighted by molar-refractivity contribution is 5.86. The number of carbonyl (C=O) groups excluding carboxylic acids is 1. The van der Waals surface area contributed by atoms with Crippen LogP contribution < -0.4 is 27.4 Å². The quantitative estimate of drug-likeness (QED) is 0.128. The third-order valence-electron chi connectivity index (χ3n) is 3.31. The van der Waals surface area contributed by atoms with Crippen molar-refractivity contribution >= 4 is 17.8 Å². The van der Waals surface area contributed by atoms with Gasteiger partial charge in [0.15, 0.2) is 5.96 Å². The number of guanidine groups is 1. The van der Waals surface area contributed by atoms with E-state index in [-0.39, 0.29) is 12.4 Å². The maximum atomic E-state index is 11.9. The summed E-state index contributed by atoms with van der Waals surface area (Å²) in [4.78, 5) is 23.1. The number of carboxylic acids is 1. The van der Waals surface area contributed by atoms with Crippen molar-refractivity contribution in [2.24, 2.45) is 11.5 Å². The van der Waals surface area contributed by atoms with Crippen LogP contribution >= 0.6 is 0 Å². The number of amides is 1. The predicted molar refractivity (Wildman–Crippen MR) is 89.1 cm³/mol. The molecule has 0 aromatic rings. The third kappa shape index (κ3) is 11.4. The van der Waals surface area contributed by atoms with Gasteiger partial charge in [0.1, 0.15) is 6.04 Å². The second-order valence-electron chi connectivity index (χ2n) is 5.34. The summed E-state index contributed by atoms with van der Waals surface area (Å²) in [5, 5.41) is 24.4. The molecule has 0 fully saturated rings. The Morgan fingerprint density at radius 2 is 1.87 bits per heavy atom. The second-order valence-corrected chi connectivity index (χ2v) is 5.34. The summed E-state index contributed by atoms with van der Waals surface area (Å²) in [5.41, 5.74) is 10.9. The van der Waals surface area contributed by atoms with Crippen molar-refractivity contribution in [3.05, 3.63) is 0 Å². The molecule has 2 atom stereocenters. The minimum Gasteiger partial charge on any atom is -0.480 e. The zero-order valence-electron chi connectivity index (χ0n) is 13.7. The van der Waals surface area contributed by atoms with Gasteiger partial charge in [-0.25, -0.2) is 4.79 Å². The van der Waals surface area contributed by atoms with E-state index in [0.717, 1.165) is 25.9 Å². The van der Waals surface area contributed by atoms with E-state index < -0.39 is 24.0 Å². The van der Waals surface area contributed by atoms with E-state index in [1.165, 1.54) is 0 Å². The molecule has 9 nitrogen and oxygen atoms in total. The Bertz CT molecular complexity index is 378. The largest absolute Gasteiger partial charge is 0.480 e. The van der Waals surface area contributed by atoms with Crippen molar-refractivity contribution in [1.82, 2.24) is 16.0 Å². The van der Waals surface area contributed by atoms with Gasteiger partial charge >= 0.3 is 5.97 Å². The molecule has 0 heterocycles. The zero-order chi connectivity index (χ0) is 17.7. The van der Waals surface area contributed by atoms with Crippen molar-refractivity contribution < 1.29 is 14.7 Å². The van der Waals surface area contributed by atoms with E-state index >= 15 is 0 Å². The molecule has 23 heavy (non-hydrogen) atoms. The van der Waals surface area contributed by atoms with Crippen LogP contribution in [0, 0.1) is 5.41 Å². The minimum absolute atomic E-state index is 0.166. The van der Waals surface area contributed by atoms with Gasteiger partial charge in [-0.1, -0.05) is 13.3 Å². The van der Waals surface area contributed by atoms with Crippen molar-refractivity contribution in [2.45, 2.75) is 51.1 Å². The number of hydrogen-bond donors (Lipinski definition) is 7. The molecule has 1 amide bonds. The van der Waals surface area contributed by atoms with Gasteiger partial charge in [-0.15, -0.1) is 0 Å². The molecule has 0 aromatic heterocycles. The van der Waals surface area contributed by atoms with Gasteiger partial charge in [-0.3, -0.25) is 10.2 Å². The topological polar surface area (TPSA) is 166 Å². The first-order valence-corrected chi connectivity index (χ1v) is 7.95. The molecule has 0 aromatic carbocycles. The number of nitrogens with one attached hydrogen (secondary N) is 4. The van der Waals surface area contributed by atoms with Crippen LogP contribution in [0.4, 0.5) is 0 Å². The lowest BCUT2D eigenvalue weighted by Gasteiger charge is -2.18. The van der Waals surface area contributed by atoms with Gasteiger partial charge in [0.05, 0.1) is 6.04 Å². The normalized spacial score (nSPS) is 13.1. The summed E-state index contributed by atoms with van der Waals surface area (Å²) in [6, 6.07) is -1.68. The second kappa shape index (κ2) is 12.7. The van der Waals surface area contributed by atoms with Crippen molar-refractivity contribution in [1.29, 1.82) is 5.41 Å². The fraction of sp³-hybridized carbons (Fsp3) is 0.786. The summed E-state index contributed by atoms with van der Waals surface area (Å²) < 4.78 is 0. The number of hydrogen-bond acceptors (Lipinski definition) is 5. The van der Waals surface area contributed by atoms with Gasteiger partial charge < -0.3 is 32.5 Å². The Morgan fingerprint density at radius 3 is 2.43 bits per heavy atom. The lowest BCUT2D eigenvalue weighted by Crippen LogP contribution is -2.48. The van der Waals surface area contributed by atoms with Crippen LogP contribution in [0.15, 0.2) is 0 Å². The molecule has 0 aliphatic heterocycles. The van der Waals surface area contributed by atoms with Gasteiger partial charge in [0.2, 0.25) is 5.91 Å². The van der Waals surface area contributed by atoms with E-state index in [1.807, 2.05) is 6.92 Å². The van der Waals surface area contributed by atoms with E-state index in [2.05, 4.69) is 16.0 Å². The molecule has 9 heteroatoms. The number of nitrogens with two attached hydrogens (primary N) is 2. The smallest absolute Gasteiger partial charge is 0.326 e. The minimum atomic E-state index is -1.10. The first-order chi connectivity index (χ1) is 10.9. The van der Waals surface area contributed by atoms with E-state index in [9.17, 15) is 9.59 Å². The van der Waals surface area contributed by atoms with Gasteiger partial charge in [0, 0.05) is 6.54 Å². The van der Waals surface area contributed by atoms with Crippen LogP contribution in [-0.4, -0.2) is 54.7 Å². The van der Waals surface area contributed by atoms with Crippen LogP contribution in [0.3, 0.4) is 0 Å². The summed E-state index contributed by atoms with van der Waals surface area (Å²) in [6.45, 7) is 4.19. The van der Waals surface area contributed by atoms with E-state index in [0.29, 0.717) is 19.4 Å². The SMILES string of the molecule is CCNCCCC[C@H](N)C(=O)N[C@@H](CCCNC(=N)N)C(=O)O. The molecule has 0 saturated carbocycles. The monoisotopic (exact) mass is 330 g/mol. The molecule has 0 bridgehead atoms. The Balaban J connectivity index is 4.07. The molecule has 0 aliphatic rings. The standard InChI is InChI=1S/C14H30N6O3/c1-2-18-8-4-3-6-10(15)12(21)20-11(13(22)23)7-5-9-19-14(16)17/h10-11,18H,2-9,15H2,1H3,(H,20,21)(H,22,23)(H4,16,17,19)/t10-,11-/m0/s1. The molecule has 9 N–H and O–H groups in total. The average Bonchev–Trinajstić information content (AvgIpc) is 2.49. The van der Waals surface area contributed by atoms with Gasteiger partial charge in [0.25, 0.3) is 0 Å². The third-order valence-corrected chi connectivity index (χ3v) is 3.31. The summed E-state index contributed by atoms with van der Waals surface area (Å²) >= 11 is 0. The Labute approximate surface area is 137 Å². The van der Waals surface area contributed by atoms with E-state index in [1.54, 1.807) is 0 Å². The van der Waals surface area contributed by atoms with E-state index in [4.69, 9.17) is 22.0 Å². The molecular weight excluding hydrogens is 300 g/mol. The lowest BCUT2D eigenvalue weighted by molar-refractivity contribution is -0.142. The fourth-order valence-corrected chi connectivity index (χ4v) is 1.99. The van der Waals surface area contributed by atoms with Gasteiger partial charge in [-0.2, -0.15) is 0 Å². The van der Waals surface area contributed by atoms with Crippen LogP contribution in [0.1, 0.15) is 39.0 Å². The lowest BCUT2D eigenvalue weighted by atomic mass is 10.1. The highest BCUT2D eigenvalue weighted by atomic mass is 16.4. The first-order valence-electron chi connectivity index (χ1n) is 7.95. The molecule has 134 valence electrons. The van der Waals surface area contributed by atoms with Crippen molar-refractivity contribution in [3.8, 4) is 0 Å². The predicted octanol–water partition coefficient (Wildman–Crippen LogP) is -1.07. The Hall–Kier alpha value is -1.87. The van der Waals surface area contributed by atoms with Crippen LogP contribution in [0.25, 0.3) is 0 Å². The first kappa shape index (κ1) is 21.1. The molecule has 0 aliphatic carbocycles. The highest BCUT2D eigenvalue weighted by Gasteiger charge is 2.22. The number of aliphatic carboxylic acids is 1. The van der Waals surface area contributed by atoms with Crippen molar-refractivity contribution in [2.75, 3.05) is 19.6 Å². The Kier molecular flexibility index (Phi) is 11.6. The number of carbonyl (C=O) groups is 2. The molecule has 0 rings (SSSR count). The number of carboxylic acid groups (broad SMARTS) is 1. The van der Waals surface area contributed by atoms with Crippen LogP contribution in [0.2, 0.25) is 0 Å². The summed E-state index contributed by atoms with van der Waals surface area (Å²) in [6.07, 6.45) is 2.97. The van der Waals surface area contributed by atoms with Crippen LogP contribution in [0.5, 0.6) is 0 Å². The summed E-state index contributed by atoms with van der Waals surface area (Å²) in [7, 11) is 0. The highest BCUT2D eigenvalue weighted by Crippen LogP contribution is 2.02. The molecule has 0 saturated heterocycles. The number of rotatable bonds is 13. The summed E-state index contributed by atoms with van der Waals surface area (Å²) in [5.74, 6) is -1.71. The molecular formula is C14H30N6O3. The van der Waals surface area contributed by atoms with Gasteiger partial charge in [-0.05, 0) is 38.8 Å². The average molecular weight is 330 g/mol. The molecule has 0 spiro atoms. The van der Waals surface area contributed by atoms with Crippen LogP contribution in [-0.2, 0) is 9.59 Å². The zero-order valence-corrected chi connectivity index (χ0v) is 13.7. The van der Waals surface area contributed by atoms with Crippen molar-refractivity contribution in [3.63, 3.8) is 0 Å². The molecule has 0 unspecified atom stereocenters. The maximum absolute atomic E-state index is 11.9. The number of unbranched alkanes of at least 4 members (excludes halogenated alkanes) is 1. The Morgan fingerprint density at radius 1 is 1.17 bits per heavy atom. The maximum Gasteiger partial charge on any atom is 0.326 e. The molecule has 0 radical (unpaired) electrons.